The molecule has 2 aromatic carbocycles. The Balaban J connectivity index is 1.94. The van der Waals surface area contributed by atoms with E-state index < -0.39 is 0 Å². The molecule has 1 aromatic heterocycles. The Morgan fingerprint density at radius 2 is 1.50 bits per heavy atom. The minimum atomic E-state index is 0.523. The fraction of sp³-hybridized carbons (Fsp3) is 0.464. The van der Waals surface area contributed by atoms with Gasteiger partial charge < -0.3 is 0 Å². The zero-order chi connectivity index (χ0) is 21.2. The normalized spacial score (nSPS) is 12.2. The second-order valence-electron chi connectivity index (χ2n) is 8.62. The highest BCUT2D eigenvalue weighted by Crippen LogP contribution is 2.22. The molecule has 1 atom stereocenters. The molecule has 0 spiro atoms. The standard InChI is InChI=1S/C28H39N2/c1-4-6-14-20-30-27(21-24(3)26-17-12-9-13-18-26)23-29(19-7-5-2)28(30)22-25-15-10-8-11-16-25/h8-13,15-18,23-24H,4-7,14,19-22H2,1-3H3/q+1. The van der Waals surface area contributed by atoms with Crippen molar-refractivity contribution < 1.29 is 4.57 Å². The Bertz CT molecular complexity index is 864. The van der Waals surface area contributed by atoms with Crippen molar-refractivity contribution in [1.82, 2.24) is 4.57 Å². The highest BCUT2D eigenvalue weighted by molar-refractivity contribution is 5.22. The minimum absolute atomic E-state index is 0.523. The first-order valence-corrected chi connectivity index (χ1v) is 11.9. The number of benzene rings is 2. The van der Waals surface area contributed by atoms with Crippen LogP contribution >= 0.6 is 0 Å². The molecule has 30 heavy (non-hydrogen) atoms. The van der Waals surface area contributed by atoms with Gasteiger partial charge in [0.05, 0.1) is 19.5 Å². The van der Waals surface area contributed by atoms with Gasteiger partial charge in [0, 0.05) is 6.42 Å². The highest BCUT2D eigenvalue weighted by atomic mass is 15.2. The summed E-state index contributed by atoms with van der Waals surface area (Å²) in [5.41, 5.74) is 4.33. The van der Waals surface area contributed by atoms with Gasteiger partial charge in [0.15, 0.2) is 0 Å². The Morgan fingerprint density at radius 1 is 0.833 bits per heavy atom. The predicted octanol–water partition coefficient (Wildman–Crippen LogP) is 6.70. The van der Waals surface area contributed by atoms with E-state index in [4.69, 9.17) is 0 Å². The summed E-state index contributed by atoms with van der Waals surface area (Å²) >= 11 is 0. The second-order valence-corrected chi connectivity index (χ2v) is 8.62. The molecule has 0 amide bonds. The smallest absolute Gasteiger partial charge is 0.234 e. The summed E-state index contributed by atoms with van der Waals surface area (Å²) in [7, 11) is 0. The molecule has 0 N–H and O–H groups in total. The number of aryl methyl sites for hydroxylation is 1. The molecule has 0 saturated heterocycles. The molecule has 0 aliphatic carbocycles. The molecule has 2 nitrogen and oxygen atoms in total. The van der Waals surface area contributed by atoms with Crippen LogP contribution in [0.25, 0.3) is 0 Å². The van der Waals surface area contributed by atoms with Crippen LogP contribution in [0.3, 0.4) is 0 Å². The van der Waals surface area contributed by atoms with Gasteiger partial charge in [-0.05, 0) is 36.3 Å². The third-order valence-corrected chi connectivity index (χ3v) is 6.12. The third kappa shape index (κ3) is 6.08. The second kappa shape index (κ2) is 11.7. The first-order valence-electron chi connectivity index (χ1n) is 11.9. The van der Waals surface area contributed by atoms with Crippen LogP contribution in [0.2, 0.25) is 0 Å². The van der Waals surface area contributed by atoms with Gasteiger partial charge in [0.1, 0.15) is 11.9 Å². The number of rotatable bonds is 12. The van der Waals surface area contributed by atoms with Crippen molar-refractivity contribution >= 4 is 0 Å². The van der Waals surface area contributed by atoms with E-state index in [-0.39, 0.29) is 0 Å². The molecule has 0 aliphatic rings. The topological polar surface area (TPSA) is 8.81 Å². The Labute approximate surface area is 183 Å². The van der Waals surface area contributed by atoms with Crippen LogP contribution in [0.1, 0.15) is 81.4 Å². The molecular weight excluding hydrogens is 364 g/mol. The molecule has 3 rings (SSSR count). The first-order chi connectivity index (χ1) is 14.7. The number of hydrogen-bond acceptors (Lipinski definition) is 0. The lowest BCUT2D eigenvalue weighted by molar-refractivity contribution is -0.704. The molecule has 0 bridgehead atoms. The summed E-state index contributed by atoms with van der Waals surface area (Å²) in [5.74, 6) is 2.00. The average molecular weight is 404 g/mol. The van der Waals surface area contributed by atoms with Crippen LogP contribution in [-0.2, 0) is 25.9 Å². The van der Waals surface area contributed by atoms with E-state index in [2.05, 4.69) is 96.8 Å². The Morgan fingerprint density at radius 3 is 2.17 bits per heavy atom. The molecule has 3 aromatic rings. The summed E-state index contributed by atoms with van der Waals surface area (Å²) < 4.78 is 5.20. The predicted molar refractivity (Wildman–Crippen MR) is 127 cm³/mol. The summed E-state index contributed by atoms with van der Waals surface area (Å²) in [6.07, 6.45) is 10.8. The van der Waals surface area contributed by atoms with Gasteiger partial charge in [0.2, 0.25) is 0 Å². The maximum absolute atomic E-state index is 2.65. The van der Waals surface area contributed by atoms with E-state index in [1.54, 1.807) is 0 Å². The summed E-state index contributed by atoms with van der Waals surface area (Å²) in [6.45, 7) is 9.19. The van der Waals surface area contributed by atoms with Crippen LogP contribution < -0.4 is 4.57 Å². The van der Waals surface area contributed by atoms with E-state index in [0.717, 1.165) is 25.9 Å². The Hall–Kier alpha value is -2.35. The van der Waals surface area contributed by atoms with Crippen molar-refractivity contribution in [3.8, 4) is 0 Å². The molecule has 2 heteroatoms. The van der Waals surface area contributed by atoms with E-state index >= 15 is 0 Å². The molecule has 1 heterocycles. The quantitative estimate of drug-likeness (QED) is 0.235. The number of imidazole rings is 1. The molecule has 0 saturated carbocycles. The van der Waals surface area contributed by atoms with Crippen molar-refractivity contribution in [2.45, 2.75) is 84.7 Å². The molecule has 0 aliphatic heterocycles. The van der Waals surface area contributed by atoms with Crippen molar-refractivity contribution in [3.63, 3.8) is 0 Å². The largest absolute Gasteiger partial charge is 0.261 e. The van der Waals surface area contributed by atoms with Crippen molar-refractivity contribution in [1.29, 1.82) is 0 Å². The average Bonchev–Trinajstić information content (AvgIpc) is 3.09. The van der Waals surface area contributed by atoms with Crippen LogP contribution in [0.5, 0.6) is 0 Å². The van der Waals surface area contributed by atoms with E-state index in [0.29, 0.717) is 5.92 Å². The fourth-order valence-corrected chi connectivity index (χ4v) is 4.31. The molecule has 0 fully saturated rings. The number of unbranched alkanes of at least 4 members (excludes halogenated alkanes) is 3. The maximum Gasteiger partial charge on any atom is 0.261 e. The van der Waals surface area contributed by atoms with Gasteiger partial charge in [-0.2, -0.15) is 0 Å². The van der Waals surface area contributed by atoms with E-state index in [9.17, 15) is 0 Å². The van der Waals surface area contributed by atoms with Crippen LogP contribution in [0.15, 0.2) is 66.9 Å². The number of hydrogen-bond donors (Lipinski definition) is 0. The monoisotopic (exact) mass is 403 g/mol. The van der Waals surface area contributed by atoms with Crippen molar-refractivity contribution in [2.75, 3.05) is 0 Å². The molecular formula is C28H39N2+. The highest BCUT2D eigenvalue weighted by Gasteiger charge is 2.24. The van der Waals surface area contributed by atoms with E-state index in [1.807, 2.05) is 0 Å². The minimum Gasteiger partial charge on any atom is -0.234 e. The molecule has 160 valence electrons. The van der Waals surface area contributed by atoms with Crippen molar-refractivity contribution in [3.05, 3.63) is 89.5 Å². The van der Waals surface area contributed by atoms with Gasteiger partial charge >= 0.3 is 0 Å². The zero-order valence-corrected chi connectivity index (χ0v) is 19.2. The van der Waals surface area contributed by atoms with Gasteiger partial charge in [0.25, 0.3) is 5.82 Å². The SMILES string of the molecule is CCCCCn1c(CC(C)c2ccccc2)c[n+](CCCC)c1Cc1ccccc1. The first kappa shape index (κ1) is 22.3. The van der Waals surface area contributed by atoms with Gasteiger partial charge in [-0.15, -0.1) is 0 Å². The van der Waals surface area contributed by atoms with Crippen molar-refractivity contribution in [2.24, 2.45) is 0 Å². The summed E-state index contributed by atoms with van der Waals surface area (Å²) in [4.78, 5) is 0. The fourth-order valence-electron chi connectivity index (χ4n) is 4.31. The lowest BCUT2D eigenvalue weighted by atomic mass is 9.96. The Kier molecular flexibility index (Phi) is 8.74. The zero-order valence-electron chi connectivity index (χ0n) is 19.2. The van der Waals surface area contributed by atoms with Gasteiger partial charge in [-0.1, -0.05) is 94.3 Å². The van der Waals surface area contributed by atoms with Gasteiger partial charge in [-0.25, -0.2) is 9.13 Å². The number of aromatic nitrogens is 2. The molecule has 1 unspecified atom stereocenters. The summed E-state index contributed by atoms with van der Waals surface area (Å²) in [5, 5.41) is 0. The number of nitrogens with zero attached hydrogens (tertiary/aromatic N) is 2. The van der Waals surface area contributed by atoms with E-state index in [1.165, 1.54) is 54.7 Å². The lowest BCUT2D eigenvalue weighted by Gasteiger charge is -2.12. The van der Waals surface area contributed by atoms with Gasteiger partial charge in [-0.3, -0.25) is 0 Å². The van der Waals surface area contributed by atoms with Crippen LogP contribution in [0, 0.1) is 0 Å². The summed E-state index contributed by atoms with van der Waals surface area (Å²) in [6, 6.07) is 21.9. The maximum atomic E-state index is 2.65. The lowest BCUT2D eigenvalue weighted by Crippen LogP contribution is -2.37. The van der Waals surface area contributed by atoms with Crippen LogP contribution in [-0.4, -0.2) is 4.57 Å². The molecule has 0 radical (unpaired) electrons. The third-order valence-electron chi connectivity index (χ3n) is 6.12. The van der Waals surface area contributed by atoms with Crippen LogP contribution in [0.4, 0.5) is 0 Å².